The molecule has 0 bridgehead atoms. The summed E-state index contributed by atoms with van der Waals surface area (Å²) >= 11 is 0. The van der Waals surface area contributed by atoms with E-state index in [0.717, 1.165) is 36.2 Å². The molecule has 0 aliphatic carbocycles. The van der Waals surface area contributed by atoms with E-state index in [2.05, 4.69) is 26.3 Å². The molecule has 0 aromatic carbocycles. The van der Waals surface area contributed by atoms with E-state index in [-0.39, 0.29) is 5.91 Å². The normalized spacial score (nSPS) is 17.3. The molecule has 2 aromatic rings. The molecule has 5 heteroatoms. The second kappa shape index (κ2) is 4.18. The predicted octanol–water partition coefficient (Wildman–Crippen LogP) is 0.495. The summed E-state index contributed by atoms with van der Waals surface area (Å²) < 4.78 is 0. The van der Waals surface area contributed by atoms with Crippen molar-refractivity contribution < 1.29 is 4.79 Å². The molecule has 0 radical (unpaired) electrons. The zero-order valence-electron chi connectivity index (χ0n) is 9.44. The highest BCUT2D eigenvalue weighted by molar-refractivity contribution is 5.79. The van der Waals surface area contributed by atoms with Gasteiger partial charge in [-0.15, -0.1) is 0 Å². The highest BCUT2D eigenvalue weighted by atomic mass is 16.2. The summed E-state index contributed by atoms with van der Waals surface area (Å²) in [4.78, 5) is 20.8. The number of hydrogen-bond acceptors (Lipinski definition) is 3. The lowest BCUT2D eigenvalue weighted by atomic mass is 10.3. The van der Waals surface area contributed by atoms with E-state index in [1.54, 1.807) is 6.20 Å². The third-order valence-electron chi connectivity index (χ3n) is 2.99. The number of aromatic nitrogens is 2. The van der Waals surface area contributed by atoms with E-state index in [1.165, 1.54) is 0 Å². The number of nitrogens with zero attached hydrogens (tertiary/aromatic N) is 2. The van der Waals surface area contributed by atoms with Crippen molar-refractivity contribution in [2.45, 2.75) is 6.54 Å². The molecule has 5 nitrogen and oxygen atoms in total. The summed E-state index contributed by atoms with van der Waals surface area (Å²) in [6.07, 6.45) is 3.62. The van der Waals surface area contributed by atoms with Gasteiger partial charge in [0.2, 0.25) is 5.91 Å². The van der Waals surface area contributed by atoms with Gasteiger partial charge in [-0.3, -0.25) is 14.7 Å². The first-order chi connectivity index (χ1) is 8.31. The van der Waals surface area contributed by atoms with Crippen LogP contribution in [0, 0.1) is 0 Å². The summed E-state index contributed by atoms with van der Waals surface area (Å²) in [5.41, 5.74) is 2.22. The van der Waals surface area contributed by atoms with Gasteiger partial charge >= 0.3 is 0 Å². The fourth-order valence-electron chi connectivity index (χ4n) is 2.18. The molecule has 17 heavy (non-hydrogen) atoms. The van der Waals surface area contributed by atoms with E-state index < -0.39 is 0 Å². The maximum atomic E-state index is 11.3. The van der Waals surface area contributed by atoms with Crippen LogP contribution in [0.4, 0.5) is 0 Å². The van der Waals surface area contributed by atoms with Crippen molar-refractivity contribution in [3.63, 3.8) is 0 Å². The Morgan fingerprint density at radius 2 is 2.41 bits per heavy atom. The first-order valence-corrected chi connectivity index (χ1v) is 5.72. The Labute approximate surface area is 98.8 Å². The summed E-state index contributed by atoms with van der Waals surface area (Å²) in [5.74, 6) is 0.106. The van der Waals surface area contributed by atoms with Gasteiger partial charge in [0.15, 0.2) is 0 Å². The molecule has 1 saturated heterocycles. The van der Waals surface area contributed by atoms with E-state index in [0.29, 0.717) is 6.54 Å². The number of carbonyl (C=O) groups excluding carboxylic acids is 1. The van der Waals surface area contributed by atoms with Crippen LogP contribution >= 0.6 is 0 Å². The molecule has 1 aliphatic rings. The first-order valence-electron chi connectivity index (χ1n) is 5.72. The molecular formula is C12H14N4O. The SMILES string of the molecule is O=C1CN(Cc2cc3cnccc3[nH]2)CCN1. The molecular weight excluding hydrogens is 216 g/mol. The molecule has 0 saturated carbocycles. The van der Waals surface area contributed by atoms with Crippen LogP contribution in [-0.2, 0) is 11.3 Å². The monoisotopic (exact) mass is 230 g/mol. The van der Waals surface area contributed by atoms with Crippen molar-refractivity contribution in [2.24, 2.45) is 0 Å². The molecule has 0 spiro atoms. The number of nitrogens with one attached hydrogen (secondary N) is 2. The number of hydrogen-bond donors (Lipinski definition) is 2. The van der Waals surface area contributed by atoms with Crippen LogP contribution in [0.15, 0.2) is 24.5 Å². The van der Waals surface area contributed by atoms with Crippen molar-refractivity contribution in [1.82, 2.24) is 20.2 Å². The second-order valence-electron chi connectivity index (χ2n) is 4.32. The van der Waals surface area contributed by atoms with Crippen LogP contribution in [-0.4, -0.2) is 40.4 Å². The minimum Gasteiger partial charge on any atom is -0.357 e. The Morgan fingerprint density at radius 3 is 3.24 bits per heavy atom. The van der Waals surface area contributed by atoms with Gasteiger partial charge in [0.1, 0.15) is 0 Å². The van der Waals surface area contributed by atoms with Crippen LogP contribution in [0.5, 0.6) is 0 Å². The van der Waals surface area contributed by atoms with Crippen molar-refractivity contribution in [3.8, 4) is 0 Å². The summed E-state index contributed by atoms with van der Waals surface area (Å²) in [7, 11) is 0. The Hall–Kier alpha value is -1.88. The number of fused-ring (bicyclic) bond motifs is 1. The molecule has 88 valence electrons. The maximum Gasteiger partial charge on any atom is 0.234 e. The number of H-pyrrole nitrogens is 1. The molecule has 2 aromatic heterocycles. The fourth-order valence-corrected chi connectivity index (χ4v) is 2.18. The van der Waals surface area contributed by atoms with E-state index >= 15 is 0 Å². The number of pyridine rings is 1. The van der Waals surface area contributed by atoms with Crippen LogP contribution in [0.25, 0.3) is 10.9 Å². The standard InChI is InChI=1S/C12H14N4O/c17-12-8-16(4-3-14-12)7-10-5-9-6-13-2-1-11(9)15-10/h1-2,5-6,15H,3-4,7-8H2,(H,14,17). The number of aromatic amines is 1. The van der Waals surface area contributed by atoms with Crippen LogP contribution < -0.4 is 5.32 Å². The third-order valence-corrected chi connectivity index (χ3v) is 2.99. The predicted molar refractivity (Wildman–Crippen MR) is 64.4 cm³/mol. The number of amides is 1. The van der Waals surface area contributed by atoms with Gasteiger partial charge < -0.3 is 10.3 Å². The topological polar surface area (TPSA) is 61.0 Å². The lowest BCUT2D eigenvalue weighted by Crippen LogP contribution is -2.47. The smallest absolute Gasteiger partial charge is 0.234 e. The molecule has 3 rings (SSSR count). The molecule has 0 atom stereocenters. The summed E-state index contributed by atoms with van der Waals surface area (Å²) in [5, 5.41) is 3.94. The highest BCUT2D eigenvalue weighted by Crippen LogP contribution is 2.14. The lowest BCUT2D eigenvalue weighted by molar-refractivity contribution is -0.124. The minimum absolute atomic E-state index is 0.106. The van der Waals surface area contributed by atoms with E-state index in [4.69, 9.17) is 0 Å². The molecule has 1 amide bonds. The molecule has 3 heterocycles. The van der Waals surface area contributed by atoms with E-state index in [1.807, 2.05) is 12.3 Å². The molecule has 0 unspecified atom stereocenters. The second-order valence-corrected chi connectivity index (χ2v) is 4.32. The zero-order chi connectivity index (χ0) is 11.7. The summed E-state index contributed by atoms with van der Waals surface area (Å²) in [6, 6.07) is 4.05. The number of carbonyl (C=O) groups is 1. The van der Waals surface area contributed by atoms with Gasteiger partial charge in [0.25, 0.3) is 0 Å². The Balaban J connectivity index is 1.78. The van der Waals surface area contributed by atoms with Crippen molar-refractivity contribution in [1.29, 1.82) is 0 Å². The van der Waals surface area contributed by atoms with Crippen LogP contribution in [0.3, 0.4) is 0 Å². The number of piperazine rings is 1. The quantitative estimate of drug-likeness (QED) is 0.789. The minimum atomic E-state index is 0.106. The van der Waals surface area contributed by atoms with E-state index in [9.17, 15) is 4.79 Å². The van der Waals surface area contributed by atoms with Crippen molar-refractivity contribution in [2.75, 3.05) is 19.6 Å². The Kier molecular flexibility index (Phi) is 2.53. The average Bonchev–Trinajstić information content (AvgIpc) is 2.71. The van der Waals surface area contributed by atoms with Gasteiger partial charge in [0, 0.05) is 48.6 Å². The van der Waals surface area contributed by atoms with Crippen molar-refractivity contribution in [3.05, 3.63) is 30.2 Å². The van der Waals surface area contributed by atoms with Crippen LogP contribution in [0.1, 0.15) is 5.69 Å². The molecule has 1 aliphatic heterocycles. The van der Waals surface area contributed by atoms with Gasteiger partial charge in [-0.1, -0.05) is 0 Å². The van der Waals surface area contributed by atoms with Gasteiger partial charge in [-0.05, 0) is 12.1 Å². The van der Waals surface area contributed by atoms with Gasteiger partial charge in [0.05, 0.1) is 6.54 Å². The zero-order valence-corrected chi connectivity index (χ0v) is 9.44. The average molecular weight is 230 g/mol. The largest absolute Gasteiger partial charge is 0.357 e. The van der Waals surface area contributed by atoms with Crippen molar-refractivity contribution >= 4 is 16.8 Å². The lowest BCUT2D eigenvalue weighted by Gasteiger charge is -2.25. The Bertz CT molecular complexity index is 515. The third kappa shape index (κ3) is 2.14. The number of rotatable bonds is 2. The highest BCUT2D eigenvalue weighted by Gasteiger charge is 2.16. The molecule has 2 N–H and O–H groups in total. The van der Waals surface area contributed by atoms with Gasteiger partial charge in [-0.25, -0.2) is 0 Å². The van der Waals surface area contributed by atoms with Gasteiger partial charge in [-0.2, -0.15) is 0 Å². The fraction of sp³-hybridized carbons (Fsp3) is 0.333. The first kappa shape index (κ1) is 10.3. The van der Waals surface area contributed by atoms with Crippen LogP contribution in [0.2, 0.25) is 0 Å². The Morgan fingerprint density at radius 1 is 1.47 bits per heavy atom. The maximum absolute atomic E-state index is 11.3. The summed E-state index contributed by atoms with van der Waals surface area (Å²) in [6.45, 7) is 2.90. The molecule has 1 fully saturated rings.